The third-order valence-corrected chi connectivity index (χ3v) is 14.4. The van der Waals surface area contributed by atoms with Crippen molar-refractivity contribution in [3.05, 3.63) is 212 Å². The number of pyridine rings is 4. The molecule has 0 bridgehead atoms. The average Bonchev–Trinajstić information content (AvgIpc) is 2.43. The lowest BCUT2D eigenvalue weighted by Crippen LogP contribution is -2.35. The zero-order valence-electron chi connectivity index (χ0n) is 58.1. The van der Waals surface area contributed by atoms with E-state index in [0.717, 1.165) is 77.5 Å². The summed E-state index contributed by atoms with van der Waals surface area (Å²) >= 11 is 0. The predicted octanol–water partition coefficient (Wildman–Crippen LogP) is 21.4. The van der Waals surface area contributed by atoms with E-state index < -0.39 is 0 Å². The molecule has 12 aliphatic rings. The molecule has 4 nitrogen and oxygen atoms in total. The molecule has 0 N–H and O–H groups in total. The molecule has 8 heterocycles. The van der Waals surface area contributed by atoms with Crippen LogP contribution in [0.25, 0.3) is 46.6 Å². The Bertz CT molecular complexity index is 3070. The lowest BCUT2D eigenvalue weighted by Gasteiger charge is -2.03. The van der Waals surface area contributed by atoms with Gasteiger partial charge >= 0.3 is 0 Å². The van der Waals surface area contributed by atoms with E-state index in [1.54, 1.807) is 16.7 Å². The maximum Gasteiger partial charge on any atom is 0.217 e. The van der Waals surface area contributed by atoms with Gasteiger partial charge in [0.15, 0.2) is 51.0 Å². The molecule has 4 aromatic heterocycles. The van der Waals surface area contributed by atoms with Crippen molar-refractivity contribution in [2.45, 2.75) is 244 Å². The molecular weight excluding hydrogens is 1020 g/mol. The van der Waals surface area contributed by atoms with Crippen LogP contribution in [0.1, 0.15) is 259 Å². The number of hydrogen-bond donors (Lipinski definition) is 0. The van der Waals surface area contributed by atoms with E-state index in [2.05, 4.69) is 165 Å². The van der Waals surface area contributed by atoms with Gasteiger partial charge in [-0.1, -0.05) is 263 Å². The Hall–Kier alpha value is -6.52. The predicted molar refractivity (Wildman–Crippen MR) is 376 cm³/mol. The van der Waals surface area contributed by atoms with E-state index >= 15 is 0 Å². The molecule has 456 valence electrons. The first-order chi connectivity index (χ1) is 41.7. The summed E-state index contributed by atoms with van der Waals surface area (Å²) < 4.78 is 9.59. The van der Waals surface area contributed by atoms with E-state index in [9.17, 15) is 0 Å². The van der Waals surface area contributed by atoms with Crippen LogP contribution in [0.2, 0.25) is 0 Å². The summed E-state index contributed by atoms with van der Waals surface area (Å²) in [6, 6.07) is 9.25. The number of hydrogen-bond acceptors (Lipinski definition) is 0. The van der Waals surface area contributed by atoms with E-state index in [1.165, 1.54) is 95.1 Å². The van der Waals surface area contributed by atoms with E-state index in [0.29, 0.717) is 0 Å². The highest BCUT2D eigenvalue weighted by molar-refractivity contribution is 5.81. The van der Waals surface area contributed by atoms with Gasteiger partial charge in [-0.05, 0) is 73.6 Å². The number of fused-ring (bicyclic) bond motifs is 14. The summed E-state index contributed by atoms with van der Waals surface area (Å²) in [7, 11) is 0. The van der Waals surface area contributed by atoms with Crippen LogP contribution in [0, 0.1) is 0 Å². The molecule has 0 unspecified atom stereocenters. The van der Waals surface area contributed by atoms with Crippen LogP contribution in [0.3, 0.4) is 0 Å². The Morgan fingerprint density at radius 2 is 0.643 bits per heavy atom. The van der Waals surface area contributed by atoms with Gasteiger partial charge in [-0.25, -0.2) is 0 Å². The number of rotatable bonds is 0. The van der Waals surface area contributed by atoms with Crippen molar-refractivity contribution in [2.24, 2.45) is 0 Å². The minimum absolute atomic E-state index is 1.07. The normalized spacial score (nSPS) is 15.0. The van der Waals surface area contributed by atoms with Gasteiger partial charge in [-0.3, -0.25) is 0 Å². The smallest absolute Gasteiger partial charge is 0.194 e. The maximum atomic E-state index is 2.40. The average molecular weight is 1140 g/mol. The van der Waals surface area contributed by atoms with Crippen LogP contribution in [-0.2, 0) is 51.9 Å². The van der Waals surface area contributed by atoms with Gasteiger partial charge in [0.25, 0.3) is 0 Å². The molecule has 8 aliphatic carbocycles. The SMILES string of the molecule is C1=CC2=C(C1)c1c3c(cc[n+]1C2)C=CC3.C1=CC2=C(C1)c1c3c(cc[n+]1C2)CC=C3.C1=CC2=C(C1)c1cc3c(c[n+]1C2)C=CC3.C1=CC2=C(C1)c1cc3c(c[n+]1C2)CC=C3.CC.CC.CC.CC.CC.CC.CC.CC.CC.CC.CC.CC. The molecule has 0 saturated heterocycles. The molecular formula is C80H120N4+4. The van der Waals surface area contributed by atoms with Crippen LogP contribution >= 0.6 is 0 Å². The molecule has 0 radical (unpaired) electrons. The molecule has 0 atom stereocenters. The fraction of sp³-hybridized carbons (Fsp3) is 0.450. The molecule has 4 heteroatoms. The van der Waals surface area contributed by atoms with Crippen molar-refractivity contribution in [3.8, 4) is 0 Å². The molecule has 0 fully saturated rings. The van der Waals surface area contributed by atoms with Crippen molar-refractivity contribution < 1.29 is 18.3 Å². The summed E-state index contributed by atoms with van der Waals surface area (Å²) in [5.41, 5.74) is 29.8. The van der Waals surface area contributed by atoms with E-state index in [1.807, 2.05) is 166 Å². The first-order valence-corrected chi connectivity index (χ1v) is 34.2. The van der Waals surface area contributed by atoms with Crippen molar-refractivity contribution in [2.75, 3.05) is 0 Å². The summed E-state index contributed by atoms with van der Waals surface area (Å²) in [5.74, 6) is 0. The second-order valence-corrected chi connectivity index (χ2v) is 17.9. The quantitative estimate of drug-likeness (QED) is 0.156. The molecule has 16 rings (SSSR count). The van der Waals surface area contributed by atoms with E-state index in [4.69, 9.17) is 0 Å². The Morgan fingerprint density at radius 1 is 0.274 bits per heavy atom. The molecule has 0 spiro atoms. The first kappa shape index (κ1) is 75.5. The largest absolute Gasteiger partial charge is 0.217 e. The summed E-state index contributed by atoms with van der Waals surface area (Å²) in [6.07, 6.45) is 54.4. The number of nitrogens with zero attached hydrogens (tertiary/aromatic N) is 4. The fourth-order valence-electron chi connectivity index (χ4n) is 11.5. The van der Waals surface area contributed by atoms with Crippen LogP contribution in [0.15, 0.2) is 144 Å². The minimum atomic E-state index is 1.07. The van der Waals surface area contributed by atoms with Crippen molar-refractivity contribution in [3.63, 3.8) is 0 Å². The zero-order valence-corrected chi connectivity index (χ0v) is 58.1. The topological polar surface area (TPSA) is 15.5 Å². The van der Waals surface area contributed by atoms with Gasteiger partial charge in [0.1, 0.15) is 0 Å². The third-order valence-electron chi connectivity index (χ3n) is 14.4. The highest BCUT2D eigenvalue weighted by Crippen LogP contribution is 2.39. The van der Waals surface area contributed by atoms with Crippen molar-refractivity contribution in [1.82, 2.24) is 0 Å². The highest BCUT2D eigenvalue weighted by atomic mass is 15.0. The van der Waals surface area contributed by atoms with Gasteiger partial charge in [-0.2, -0.15) is 18.3 Å². The lowest BCUT2D eigenvalue weighted by atomic mass is 10.0. The van der Waals surface area contributed by atoms with E-state index in [-0.39, 0.29) is 0 Å². The number of aromatic nitrogens is 4. The minimum Gasteiger partial charge on any atom is -0.194 e. The Kier molecular flexibility index (Phi) is 38.0. The Labute approximate surface area is 517 Å². The van der Waals surface area contributed by atoms with Crippen molar-refractivity contribution >= 4 is 46.6 Å². The summed E-state index contributed by atoms with van der Waals surface area (Å²) in [5, 5.41) is 0. The van der Waals surface area contributed by atoms with Crippen LogP contribution < -0.4 is 18.3 Å². The second kappa shape index (κ2) is 42.3. The van der Waals surface area contributed by atoms with Gasteiger partial charge in [0.05, 0.1) is 0 Å². The first-order valence-electron chi connectivity index (χ1n) is 34.2. The van der Waals surface area contributed by atoms with Crippen LogP contribution in [0.4, 0.5) is 0 Å². The number of allylic oxidation sites excluding steroid dienone is 20. The third kappa shape index (κ3) is 17.3. The Balaban J connectivity index is 0.000000500. The maximum absolute atomic E-state index is 2.40. The molecule has 4 aromatic rings. The second-order valence-electron chi connectivity index (χ2n) is 17.9. The zero-order chi connectivity index (χ0) is 63.3. The highest BCUT2D eigenvalue weighted by Gasteiger charge is 2.36. The van der Waals surface area contributed by atoms with Gasteiger partial charge in [0, 0.05) is 91.1 Å². The summed E-state index contributed by atoms with van der Waals surface area (Å²) in [4.78, 5) is 0. The molecule has 0 saturated carbocycles. The Morgan fingerprint density at radius 3 is 1.19 bits per heavy atom. The lowest BCUT2D eigenvalue weighted by molar-refractivity contribution is -0.686. The van der Waals surface area contributed by atoms with Gasteiger partial charge < -0.3 is 0 Å². The van der Waals surface area contributed by atoms with Crippen LogP contribution in [-0.4, -0.2) is 0 Å². The molecule has 84 heavy (non-hydrogen) atoms. The molecule has 0 amide bonds. The fourth-order valence-corrected chi connectivity index (χ4v) is 11.5. The van der Waals surface area contributed by atoms with Crippen molar-refractivity contribution in [1.29, 1.82) is 0 Å². The van der Waals surface area contributed by atoms with Gasteiger partial charge in [0.2, 0.25) is 22.8 Å². The monoisotopic (exact) mass is 1140 g/mol. The molecule has 4 aliphatic heterocycles. The summed E-state index contributed by atoms with van der Waals surface area (Å²) in [6.45, 7) is 52.3. The molecule has 0 aromatic carbocycles. The standard InChI is InChI=1S/4C14H12N.12C2H6/c2*1-3-10-7-8-15-9-11-4-2-6-13(11)14(15)12(10)5-1;2*1-3-10-7-14-13-6-2-5-12(13)9-15(14)8-11(10)4-1;12*1-2/h1-2,4-5,7-8H,3,6,9H2;1-4,7-8H,5-6,9H2;1-2,4-5,7-8H,3,6,9H2;1-3,5,7-8H,4,6,9H2;12*1-2H3/q4*+1;;;;;;;;;;;;. The van der Waals surface area contributed by atoms with Crippen LogP contribution in [0.5, 0.6) is 0 Å². The van der Waals surface area contributed by atoms with Gasteiger partial charge in [-0.15, -0.1) is 0 Å².